The standard InChI is InChI=1S/C31H38N4O4/c1-30(2,3)39-28(37)19-9-8-10-22(15-19)32-29(38)34-25-18-35(26-12-7-6-11-24(26)33-27(25)36)17-20-13-14-21-16-23(20)31(21,4)5/h6-13,15,21,23,25H,14,16-18H2,1-5H3,(H,33,36)(H2,32,34,38)/t21?,23-,25?/m1/s1. The van der Waals surface area contributed by atoms with Crippen molar-refractivity contribution in [3.05, 3.63) is 65.7 Å². The zero-order chi connectivity index (χ0) is 27.9. The van der Waals surface area contributed by atoms with Crippen molar-refractivity contribution >= 4 is 35.0 Å². The molecule has 39 heavy (non-hydrogen) atoms. The highest BCUT2D eigenvalue weighted by Gasteiger charge is 2.51. The molecule has 0 saturated heterocycles. The molecule has 2 bridgehead atoms. The number of esters is 1. The predicted molar refractivity (Wildman–Crippen MR) is 153 cm³/mol. The van der Waals surface area contributed by atoms with Gasteiger partial charge in [0.25, 0.3) is 0 Å². The number of benzene rings is 2. The number of carbonyl (C=O) groups excluding carboxylic acids is 3. The number of fused-ring (bicyclic) bond motifs is 2. The van der Waals surface area contributed by atoms with Crippen molar-refractivity contribution in [1.82, 2.24) is 5.32 Å². The van der Waals surface area contributed by atoms with Gasteiger partial charge in [-0.1, -0.05) is 43.7 Å². The molecule has 206 valence electrons. The van der Waals surface area contributed by atoms with Crippen LogP contribution < -0.4 is 20.9 Å². The lowest BCUT2D eigenvalue weighted by Gasteiger charge is -2.57. The minimum absolute atomic E-state index is 0.274. The topological polar surface area (TPSA) is 99.8 Å². The van der Waals surface area contributed by atoms with Gasteiger partial charge in [0.1, 0.15) is 11.6 Å². The summed E-state index contributed by atoms with van der Waals surface area (Å²) in [6.45, 7) is 11.2. The van der Waals surface area contributed by atoms with Crippen LogP contribution in [0.1, 0.15) is 57.8 Å². The van der Waals surface area contributed by atoms with Crippen LogP contribution >= 0.6 is 0 Å². The normalized spacial score (nSPS) is 23.3. The summed E-state index contributed by atoms with van der Waals surface area (Å²) in [4.78, 5) is 40.9. The van der Waals surface area contributed by atoms with Crippen LogP contribution in [0.2, 0.25) is 0 Å². The van der Waals surface area contributed by atoms with Crippen molar-refractivity contribution in [1.29, 1.82) is 0 Å². The largest absolute Gasteiger partial charge is 0.456 e. The van der Waals surface area contributed by atoms with E-state index in [2.05, 4.69) is 40.8 Å². The first-order chi connectivity index (χ1) is 18.4. The molecule has 3 amide bonds. The number of para-hydroxylation sites is 2. The number of nitrogens with zero attached hydrogens (tertiary/aromatic N) is 1. The molecule has 3 atom stereocenters. The number of nitrogens with one attached hydrogen (secondary N) is 3. The molecule has 3 aliphatic carbocycles. The fraction of sp³-hybridized carbons (Fsp3) is 0.452. The van der Waals surface area contributed by atoms with E-state index in [0.29, 0.717) is 35.7 Å². The number of allylic oxidation sites excluding steroid dienone is 1. The van der Waals surface area contributed by atoms with E-state index in [-0.39, 0.29) is 5.91 Å². The molecule has 2 aromatic rings. The van der Waals surface area contributed by atoms with E-state index < -0.39 is 23.6 Å². The molecule has 2 aromatic carbocycles. The first-order valence-electron chi connectivity index (χ1n) is 13.7. The molecule has 2 unspecified atom stereocenters. The molecule has 0 aromatic heterocycles. The van der Waals surface area contributed by atoms with E-state index in [1.54, 1.807) is 45.0 Å². The molecular formula is C31H38N4O4. The Morgan fingerprint density at radius 2 is 1.90 bits per heavy atom. The van der Waals surface area contributed by atoms with E-state index in [1.807, 2.05) is 24.3 Å². The highest BCUT2D eigenvalue weighted by Crippen LogP contribution is 2.59. The summed E-state index contributed by atoms with van der Waals surface area (Å²) in [5.41, 5.74) is 3.53. The van der Waals surface area contributed by atoms with Crippen LogP contribution in [0.15, 0.2) is 60.2 Å². The number of rotatable bonds is 5. The Bertz CT molecular complexity index is 1330. The van der Waals surface area contributed by atoms with Gasteiger partial charge in [-0.05, 0) is 81.2 Å². The number of urea groups is 1. The van der Waals surface area contributed by atoms with Crippen LogP contribution in [0.5, 0.6) is 0 Å². The summed E-state index contributed by atoms with van der Waals surface area (Å²) in [6, 6.07) is 13.0. The Morgan fingerprint density at radius 3 is 2.62 bits per heavy atom. The Hall–Kier alpha value is -3.81. The zero-order valence-corrected chi connectivity index (χ0v) is 23.3. The fourth-order valence-electron chi connectivity index (χ4n) is 6.00. The Kier molecular flexibility index (Phi) is 6.91. The molecule has 3 N–H and O–H groups in total. The second kappa shape index (κ2) is 10.1. The van der Waals surface area contributed by atoms with Crippen LogP contribution in [0.25, 0.3) is 0 Å². The summed E-state index contributed by atoms with van der Waals surface area (Å²) in [5, 5.41) is 8.59. The molecule has 1 aliphatic heterocycles. The van der Waals surface area contributed by atoms with Crippen LogP contribution in [0.4, 0.5) is 21.9 Å². The van der Waals surface area contributed by atoms with Crippen LogP contribution in [0, 0.1) is 17.3 Å². The maximum absolute atomic E-state index is 13.2. The lowest BCUT2D eigenvalue weighted by molar-refractivity contribution is -0.117. The molecule has 1 saturated carbocycles. The van der Waals surface area contributed by atoms with Crippen molar-refractivity contribution in [3.63, 3.8) is 0 Å². The third kappa shape index (κ3) is 5.65. The minimum Gasteiger partial charge on any atom is -0.456 e. The van der Waals surface area contributed by atoms with E-state index in [1.165, 1.54) is 12.0 Å². The minimum atomic E-state index is -0.780. The molecule has 1 heterocycles. The number of anilines is 3. The average molecular weight is 531 g/mol. The number of carbonyl (C=O) groups is 3. The van der Waals surface area contributed by atoms with Gasteiger partial charge in [-0.25, -0.2) is 9.59 Å². The summed E-state index contributed by atoms with van der Waals surface area (Å²) >= 11 is 0. The number of amides is 3. The Morgan fingerprint density at radius 1 is 1.13 bits per heavy atom. The second-order valence-electron chi connectivity index (χ2n) is 12.4. The van der Waals surface area contributed by atoms with Gasteiger partial charge in [-0.2, -0.15) is 0 Å². The van der Waals surface area contributed by atoms with Gasteiger partial charge in [0, 0.05) is 18.8 Å². The molecule has 8 heteroatoms. The first-order valence-corrected chi connectivity index (χ1v) is 13.7. The zero-order valence-electron chi connectivity index (χ0n) is 23.3. The third-order valence-electron chi connectivity index (χ3n) is 8.24. The summed E-state index contributed by atoms with van der Waals surface area (Å²) in [6.07, 6.45) is 4.69. The van der Waals surface area contributed by atoms with Crippen molar-refractivity contribution in [2.45, 2.75) is 59.1 Å². The maximum Gasteiger partial charge on any atom is 0.338 e. The van der Waals surface area contributed by atoms with Crippen LogP contribution in [0.3, 0.4) is 0 Å². The smallest absolute Gasteiger partial charge is 0.338 e. The van der Waals surface area contributed by atoms with Crippen molar-refractivity contribution in [2.24, 2.45) is 17.3 Å². The van der Waals surface area contributed by atoms with Crippen LogP contribution in [-0.4, -0.2) is 42.6 Å². The molecule has 4 aliphatic rings. The number of ether oxygens (including phenoxy) is 1. The highest BCUT2D eigenvalue weighted by atomic mass is 16.6. The predicted octanol–water partition coefficient (Wildman–Crippen LogP) is 5.58. The molecular weight excluding hydrogens is 492 g/mol. The second-order valence-corrected chi connectivity index (χ2v) is 12.4. The lowest BCUT2D eigenvalue weighted by Crippen LogP contribution is -2.52. The van der Waals surface area contributed by atoms with Gasteiger partial charge in [0.05, 0.1) is 16.9 Å². The molecule has 8 nitrogen and oxygen atoms in total. The lowest BCUT2D eigenvalue weighted by atomic mass is 9.49. The highest BCUT2D eigenvalue weighted by molar-refractivity contribution is 6.03. The summed E-state index contributed by atoms with van der Waals surface area (Å²) < 4.78 is 5.43. The number of hydrogen-bond donors (Lipinski definition) is 3. The van der Waals surface area contributed by atoms with E-state index in [9.17, 15) is 14.4 Å². The molecule has 0 spiro atoms. The average Bonchev–Trinajstić information content (AvgIpc) is 2.99. The van der Waals surface area contributed by atoms with Gasteiger partial charge in [0.15, 0.2) is 0 Å². The Balaban J connectivity index is 1.30. The van der Waals surface area contributed by atoms with Crippen molar-refractivity contribution < 1.29 is 19.1 Å². The molecule has 0 radical (unpaired) electrons. The summed E-state index contributed by atoms with van der Waals surface area (Å²) in [5.74, 6) is 0.547. The fourth-order valence-corrected chi connectivity index (χ4v) is 6.00. The van der Waals surface area contributed by atoms with Crippen molar-refractivity contribution in [2.75, 3.05) is 28.6 Å². The quantitative estimate of drug-likeness (QED) is 0.346. The van der Waals surface area contributed by atoms with Crippen molar-refractivity contribution in [3.8, 4) is 0 Å². The molecule has 6 rings (SSSR count). The van der Waals surface area contributed by atoms with Gasteiger partial charge in [0.2, 0.25) is 5.91 Å². The van der Waals surface area contributed by atoms with Gasteiger partial charge in [-0.3, -0.25) is 4.79 Å². The number of hydrogen-bond acceptors (Lipinski definition) is 5. The van der Waals surface area contributed by atoms with Gasteiger partial charge >= 0.3 is 12.0 Å². The van der Waals surface area contributed by atoms with E-state index in [4.69, 9.17) is 4.74 Å². The summed E-state index contributed by atoms with van der Waals surface area (Å²) in [7, 11) is 0. The van der Waals surface area contributed by atoms with E-state index >= 15 is 0 Å². The first kappa shape index (κ1) is 26.8. The van der Waals surface area contributed by atoms with E-state index in [0.717, 1.165) is 23.7 Å². The maximum atomic E-state index is 13.2. The van der Waals surface area contributed by atoms with Gasteiger partial charge < -0.3 is 25.6 Å². The van der Waals surface area contributed by atoms with Gasteiger partial charge in [-0.15, -0.1) is 0 Å². The monoisotopic (exact) mass is 530 g/mol. The van der Waals surface area contributed by atoms with Crippen LogP contribution in [-0.2, 0) is 9.53 Å². The Labute approximate surface area is 230 Å². The SMILES string of the molecule is CC(C)(C)OC(=O)c1cccc(NC(=O)NC2CN(CC3=CCC4C[C@H]3C4(C)C)c3ccccc3NC2=O)c1. The molecule has 1 fully saturated rings. The third-order valence-corrected chi connectivity index (χ3v) is 8.24.